The molecule has 3 atom stereocenters. The number of fused-ring (bicyclic) bond motifs is 1. The molecule has 0 spiro atoms. The molecule has 0 bridgehead atoms. The minimum atomic E-state index is -0.739. The lowest BCUT2D eigenvalue weighted by molar-refractivity contribution is -0.148. The SMILES string of the molecule is O=C(N[C@H]1C[C@H]2C(=O)N[C@@H](COCc3ccccc3)C(=O)N2C1)c1ccc(Cl)c(Cl)c1. The quantitative estimate of drug-likeness (QED) is 0.691. The van der Waals surface area contributed by atoms with Gasteiger partial charge in [-0.25, -0.2) is 0 Å². The summed E-state index contributed by atoms with van der Waals surface area (Å²) in [5.74, 6) is -0.776. The van der Waals surface area contributed by atoms with Gasteiger partial charge in [0.2, 0.25) is 11.8 Å². The van der Waals surface area contributed by atoms with E-state index in [-0.39, 0.29) is 41.9 Å². The van der Waals surface area contributed by atoms with Crippen LogP contribution >= 0.6 is 23.2 Å². The third-order valence-electron chi connectivity index (χ3n) is 5.41. The second-order valence-electron chi connectivity index (χ2n) is 7.60. The first-order valence-corrected chi connectivity index (χ1v) is 10.7. The summed E-state index contributed by atoms with van der Waals surface area (Å²) in [4.78, 5) is 39.5. The highest BCUT2D eigenvalue weighted by Crippen LogP contribution is 2.25. The lowest BCUT2D eigenvalue weighted by Gasteiger charge is -2.34. The first kappa shape index (κ1) is 21.6. The molecule has 7 nitrogen and oxygen atoms in total. The first-order chi connectivity index (χ1) is 14.9. The minimum Gasteiger partial charge on any atom is -0.374 e. The fraction of sp³-hybridized carbons (Fsp3) is 0.318. The average Bonchev–Trinajstić information content (AvgIpc) is 3.19. The van der Waals surface area contributed by atoms with Gasteiger partial charge in [-0.3, -0.25) is 14.4 Å². The molecule has 2 aromatic rings. The van der Waals surface area contributed by atoms with Gasteiger partial charge in [-0.2, -0.15) is 0 Å². The molecule has 4 rings (SSSR count). The standard InChI is InChI=1S/C22H21Cl2N3O4/c23-16-7-6-14(8-17(16)24)20(28)25-15-9-19-21(29)26-18(22(30)27(19)10-15)12-31-11-13-4-2-1-3-5-13/h1-8,15,18-19H,9-12H2,(H,25,28)(H,26,29)/t15-,18-,19-/m0/s1. The van der Waals surface area contributed by atoms with Gasteiger partial charge in [-0.1, -0.05) is 53.5 Å². The van der Waals surface area contributed by atoms with Gasteiger partial charge in [-0.05, 0) is 30.2 Å². The monoisotopic (exact) mass is 461 g/mol. The third kappa shape index (κ3) is 4.84. The number of carbonyl (C=O) groups excluding carboxylic acids is 3. The van der Waals surface area contributed by atoms with Crippen LogP contribution in [0.5, 0.6) is 0 Å². The summed E-state index contributed by atoms with van der Waals surface area (Å²) in [6.45, 7) is 0.703. The van der Waals surface area contributed by atoms with E-state index in [0.717, 1.165) is 5.56 Å². The number of hydrogen-bond acceptors (Lipinski definition) is 4. The van der Waals surface area contributed by atoms with Crippen LogP contribution in [0.1, 0.15) is 22.3 Å². The number of carbonyl (C=O) groups is 3. The maximum Gasteiger partial charge on any atom is 0.251 e. The molecular weight excluding hydrogens is 441 g/mol. The van der Waals surface area contributed by atoms with Gasteiger partial charge in [0.1, 0.15) is 12.1 Å². The van der Waals surface area contributed by atoms with Gasteiger partial charge in [0, 0.05) is 18.2 Å². The van der Waals surface area contributed by atoms with E-state index >= 15 is 0 Å². The Kier molecular flexibility index (Phi) is 6.46. The predicted molar refractivity (Wildman–Crippen MR) is 116 cm³/mol. The van der Waals surface area contributed by atoms with E-state index in [1.54, 1.807) is 12.1 Å². The molecule has 2 N–H and O–H groups in total. The number of rotatable bonds is 6. The van der Waals surface area contributed by atoms with Crippen molar-refractivity contribution in [3.05, 3.63) is 69.7 Å². The van der Waals surface area contributed by atoms with Crippen LogP contribution in [0.15, 0.2) is 48.5 Å². The summed E-state index contributed by atoms with van der Waals surface area (Å²) in [7, 11) is 0. The molecule has 9 heteroatoms. The Morgan fingerprint density at radius 3 is 2.65 bits per heavy atom. The van der Waals surface area contributed by atoms with Gasteiger partial charge < -0.3 is 20.3 Å². The van der Waals surface area contributed by atoms with Crippen molar-refractivity contribution in [2.45, 2.75) is 31.2 Å². The maximum absolute atomic E-state index is 12.9. The van der Waals surface area contributed by atoms with Crippen LogP contribution in [-0.4, -0.2) is 53.9 Å². The molecule has 2 heterocycles. The number of ether oxygens (including phenoxy) is 1. The molecule has 2 fully saturated rings. The molecule has 2 aromatic carbocycles. The Bertz CT molecular complexity index is 1000. The minimum absolute atomic E-state index is 0.0863. The van der Waals surface area contributed by atoms with E-state index in [4.69, 9.17) is 27.9 Å². The first-order valence-electron chi connectivity index (χ1n) is 9.91. The molecule has 162 valence electrons. The lowest BCUT2D eigenvalue weighted by Crippen LogP contribution is -2.62. The van der Waals surface area contributed by atoms with Crippen LogP contribution in [0.3, 0.4) is 0 Å². The van der Waals surface area contributed by atoms with Crippen LogP contribution < -0.4 is 10.6 Å². The van der Waals surface area contributed by atoms with E-state index in [9.17, 15) is 14.4 Å². The van der Waals surface area contributed by atoms with Crippen molar-refractivity contribution in [3.8, 4) is 0 Å². The number of amides is 3. The molecule has 0 aromatic heterocycles. The van der Waals surface area contributed by atoms with E-state index in [1.807, 2.05) is 30.3 Å². The van der Waals surface area contributed by atoms with Gasteiger partial charge in [-0.15, -0.1) is 0 Å². The second-order valence-corrected chi connectivity index (χ2v) is 8.42. The molecule has 0 saturated carbocycles. The molecule has 31 heavy (non-hydrogen) atoms. The molecule has 3 amide bonds. The number of hydrogen-bond donors (Lipinski definition) is 2. The number of nitrogens with zero attached hydrogens (tertiary/aromatic N) is 1. The molecular formula is C22H21Cl2N3O4. The van der Waals surface area contributed by atoms with Crippen LogP contribution in [0.2, 0.25) is 10.0 Å². The van der Waals surface area contributed by atoms with Crippen molar-refractivity contribution in [2.75, 3.05) is 13.2 Å². The lowest BCUT2D eigenvalue weighted by atomic mass is 10.1. The summed E-state index contributed by atoms with van der Waals surface area (Å²) < 4.78 is 5.64. The van der Waals surface area contributed by atoms with Crippen molar-refractivity contribution >= 4 is 40.9 Å². The summed E-state index contributed by atoms with van der Waals surface area (Å²) in [6, 6.07) is 12.5. The van der Waals surface area contributed by atoms with E-state index in [1.165, 1.54) is 11.0 Å². The third-order valence-corrected chi connectivity index (χ3v) is 6.15. The number of halogens is 2. The van der Waals surface area contributed by atoms with Gasteiger partial charge in [0.05, 0.1) is 23.3 Å². The fourth-order valence-electron chi connectivity index (χ4n) is 3.85. The smallest absolute Gasteiger partial charge is 0.251 e. The molecule has 2 aliphatic heterocycles. The Hall–Kier alpha value is -2.61. The molecule has 0 radical (unpaired) electrons. The van der Waals surface area contributed by atoms with E-state index < -0.39 is 12.1 Å². The Morgan fingerprint density at radius 1 is 1.13 bits per heavy atom. The van der Waals surface area contributed by atoms with Gasteiger partial charge in [0.15, 0.2) is 0 Å². The fourth-order valence-corrected chi connectivity index (χ4v) is 4.15. The van der Waals surface area contributed by atoms with Crippen molar-refractivity contribution in [1.82, 2.24) is 15.5 Å². The van der Waals surface area contributed by atoms with Crippen molar-refractivity contribution in [3.63, 3.8) is 0 Å². The predicted octanol–water partition coefficient (Wildman–Crippen LogP) is 2.41. The summed E-state index contributed by atoms with van der Waals surface area (Å²) in [5, 5.41) is 6.26. The zero-order valence-electron chi connectivity index (χ0n) is 16.5. The molecule has 0 unspecified atom stereocenters. The molecule has 2 saturated heterocycles. The highest BCUT2D eigenvalue weighted by Gasteiger charge is 2.46. The summed E-state index contributed by atoms with van der Waals surface area (Å²) in [5.41, 5.74) is 1.35. The van der Waals surface area contributed by atoms with Crippen molar-refractivity contribution < 1.29 is 19.1 Å². The van der Waals surface area contributed by atoms with Crippen molar-refractivity contribution in [1.29, 1.82) is 0 Å². The average molecular weight is 462 g/mol. The zero-order chi connectivity index (χ0) is 22.0. The summed E-state index contributed by atoms with van der Waals surface area (Å²) in [6.07, 6.45) is 0.349. The number of benzene rings is 2. The number of nitrogens with one attached hydrogen (secondary N) is 2. The maximum atomic E-state index is 12.9. The Balaban J connectivity index is 1.34. The van der Waals surface area contributed by atoms with Crippen LogP contribution in [0.4, 0.5) is 0 Å². The zero-order valence-corrected chi connectivity index (χ0v) is 18.0. The summed E-state index contributed by atoms with van der Waals surface area (Å²) >= 11 is 11.9. The largest absolute Gasteiger partial charge is 0.374 e. The van der Waals surface area contributed by atoms with Gasteiger partial charge in [0.25, 0.3) is 5.91 Å². The highest BCUT2D eigenvalue weighted by atomic mass is 35.5. The van der Waals surface area contributed by atoms with E-state index in [0.29, 0.717) is 23.6 Å². The van der Waals surface area contributed by atoms with Gasteiger partial charge >= 0.3 is 0 Å². The Labute approximate surface area is 189 Å². The van der Waals surface area contributed by atoms with Crippen LogP contribution in [0, 0.1) is 0 Å². The number of piperazine rings is 1. The van der Waals surface area contributed by atoms with Crippen LogP contribution in [0.25, 0.3) is 0 Å². The molecule has 2 aliphatic rings. The molecule has 0 aliphatic carbocycles. The highest BCUT2D eigenvalue weighted by molar-refractivity contribution is 6.42. The van der Waals surface area contributed by atoms with Crippen LogP contribution in [-0.2, 0) is 20.9 Å². The Morgan fingerprint density at radius 2 is 1.90 bits per heavy atom. The topological polar surface area (TPSA) is 87.7 Å². The second kappa shape index (κ2) is 9.26. The normalized spacial score (nSPS) is 22.8. The van der Waals surface area contributed by atoms with Crippen molar-refractivity contribution in [2.24, 2.45) is 0 Å². The van der Waals surface area contributed by atoms with E-state index in [2.05, 4.69) is 10.6 Å².